The molecule has 1 aliphatic heterocycles. The molecule has 3 nitrogen and oxygen atoms in total. The van der Waals surface area contributed by atoms with Crippen LogP contribution in [0.1, 0.15) is 6.92 Å². The summed E-state index contributed by atoms with van der Waals surface area (Å²) in [6, 6.07) is 0. The number of allylic oxidation sites excluding steroid dienone is 2. The minimum absolute atomic E-state index is 0.792. The van der Waals surface area contributed by atoms with Gasteiger partial charge in [-0.15, -0.1) is 0 Å². The Morgan fingerprint density at radius 1 is 1.43 bits per heavy atom. The minimum atomic E-state index is 0.792. The second-order valence-corrected chi connectivity index (χ2v) is 3.23. The predicted molar refractivity (Wildman–Crippen MR) is 59.7 cm³/mol. The molecule has 0 bridgehead atoms. The van der Waals surface area contributed by atoms with Crippen molar-refractivity contribution in [2.24, 2.45) is 4.99 Å². The monoisotopic (exact) mass is 194 g/mol. The van der Waals surface area contributed by atoms with Crippen molar-refractivity contribution in [3.05, 3.63) is 24.3 Å². The fourth-order valence-electron chi connectivity index (χ4n) is 1.59. The number of amidine groups is 1. The highest BCUT2D eigenvalue weighted by Crippen LogP contribution is 2.06. The highest BCUT2D eigenvalue weighted by Gasteiger charge is 2.15. The van der Waals surface area contributed by atoms with E-state index in [9.17, 15) is 0 Å². The average Bonchev–Trinajstić information content (AvgIpc) is 2.21. The Labute approximate surface area is 85.8 Å². The first-order chi connectivity index (χ1) is 6.79. The summed E-state index contributed by atoms with van der Waals surface area (Å²) in [6.45, 7) is 9.18. The second kappa shape index (κ2) is 5.60. The number of rotatable bonds is 2. The number of aliphatic imine (C=N–C) groups is 1. The van der Waals surface area contributed by atoms with E-state index in [0.717, 1.165) is 37.7 Å². The second-order valence-electron chi connectivity index (χ2n) is 3.23. The molecule has 1 rings (SSSR count). The predicted octanol–water partition coefficient (Wildman–Crippen LogP) is 1.48. The summed E-state index contributed by atoms with van der Waals surface area (Å²) in [4.78, 5) is 6.55. The number of morpholine rings is 1. The van der Waals surface area contributed by atoms with Crippen molar-refractivity contribution in [3.8, 4) is 0 Å². The SMILES string of the molecule is C=CC=C(C)C(=NC)N1CCOCC1. The van der Waals surface area contributed by atoms with Gasteiger partial charge in [0.2, 0.25) is 0 Å². The van der Waals surface area contributed by atoms with Gasteiger partial charge in [-0.05, 0) is 12.5 Å². The molecule has 0 atom stereocenters. The zero-order valence-corrected chi connectivity index (χ0v) is 8.99. The molecule has 1 fully saturated rings. The zero-order valence-electron chi connectivity index (χ0n) is 8.99. The van der Waals surface area contributed by atoms with Gasteiger partial charge in [-0.1, -0.05) is 18.7 Å². The van der Waals surface area contributed by atoms with Crippen LogP contribution in [0.15, 0.2) is 29.3 Å². The molecule has 0 radical (unpaired) electrons. The highest BCUT2D eigenvalue weighted by atomic mass is 16.5. The summed E-state index contributed by atoms with van der Waals surface area (Å²) >= 11 is 0. The van der Waals surface area contributed by atoms with Crippen LogP contribution in [0.3, 0.4) is 0 Å². The van der Waals surface area contributed by atoms with Crippen LogP contribution in [0, 0.1) is 0 Å². The molecule has 0 aromatic heterocycles. The van der Waals surface area contributed by atoms with Gasteiger partial charge in [0, 0.05) is 20.1 Å². The number of hydrogen-bond donors (Lipinski definition) is 0. The molecule has 0 N–H and O–H groups in total. The van der Waals surface area contributed by atoms with Crippen molar-refractivity contribution in [2.75, 3.05) is 33.4 Å². The number of hydrogen-bond acceptors (Lipinski definition) is 2. The number of nitrogens with zero attached hydrogens (tertiary/aromatic N) is 2. The lowest BCUT2D eigenvalue weighted by molar-refractivity contribution is 0.0681. The lowest BCUT2D eigenvalue weighted by Crippen LogP contribution is -2.41. The van der Waals surface area contributed by atoms with E-state index in [1.165, 1.54) is 0 Å². The molecule has 14 heavy (non-hydrogen) atoms. The molecular weight excluding hydrogens is 176 g/mol. The van der Waals surface area contributed by atoms with E-state index in [0.29, 0.717) is 0 Å². The molecule has 0 amide bonds. The van der Waals surface area contributed by atoms with E-state index < -0.39 is 0 Å². The van der Waals surface area contributed by atoms with Gasteiger partial charge in [0.25, 0.3) is 0 Å². The van der Waals surface area contributed by atoms with Gasteiger partial charge in [0.1, 0.15) is 5.84 Å². The lowest BCUT2D eigenvalue weighted by Gasteiger charge is -2.30. The highest BCUT2D eigenvalue weighted by molar-refractivity contribution is 5.98. The molecule has 78 valence electrons. The first kappa shape index (κ1) is 11.0. The molecule has 0 aromatic carbocycles. The Hall–Kier alpha value is -1.09. The Balaban J connectivity index is 2.70. The Morgan fingerprint density at radius 3 is 2.57 bits per heavy atom. The third kappa shape index (κ3) is 2.70. The van der Waals surface area contributed by atoms with Gasteiger partial charge >= 0.3 is 0 Å². The van der Waals surface area contributed by atoms with E-state index in [4.69, 9.17) is 4.74 Å². The van der Waals surface area contributed by atoms with E-state index in [1.807, 2.05) is 13.1 Å². The van der Waals surface area contributed by atoms with E-state index in [2.05, 4.69) is 23.4 Å². The molecule has 1 aliphatic rings. The fourth-order valence-corrected chi connectivity index (χ4v) is 1.59. The number of ether oxygens (including phenoxy) is 1. The lowest BCUT2D eigenvalue weighted by atomic mass is 10.2. The summed E-state index contributed by atoms with van der Waals surface area (Å²) < 4.78 is 5.30. The fraction of sp³-hybridized carbons (Fsp3) is 0.545. The van der Waals surface area contributed by atoms with Crippen LogP contribution in [0.5, 0.6) is 0 Å². The smallest absolute Gasteiger partial charge is 0.126 e. The van der Waals surface area contributed by atoms with Gasteiger partial charge < -0.3 is 9.64 Å². The largest absolute Gasteiger partial charge is 0.378 e. The van der Waals surface area contributed by atoms with E-state index in [-0.39, 0.29) is 0 Å². The van der Waals surface area contributed by atoms with Crippen molar-refractivity contribution in [2.45, 2.75) is 6.92 Å². The summed E-state index contributed by atoms with van der Waals surface area (Å²) in [5, 5.41) is 0. The van der Waals surface area contributed by atoms with Gasteiger partial charge in [0.05, 0.1) is 13.2 Å². The maximum atomic E-state index is 5.30. The van der Waals surface area contributed by atoms with Crippen molar-refractivity contribution in [1.82, 2.24) is 4.90 Å². The van der Waals surface area contributed by atoms with Crippen LogP contribution in [-0.2, 0) is 4.74 Å². The standard InChI is InChI=1S/C11H18N2O/c1-4-5-10(2)11(12-3)13-6-8-14-9-7-13/h4-5H,1,6-9H2,2-3H3. The summed E-state index contributed by atoms with van der Waals surface area (Å²) in [6.07, 6.45) is 3.78. The topological polar surface area (TPSA) is 24.8 Å². The van der Waals surface area contributed by atoms with Gasteiger partial charge in [0.15, 0.2) is 0 Å². The van der Waals surface area contributed by atoms with Crippen LogP contribution < -0.4 is 0 Å². The molecule has 0 aliphatic carbocycles. The van der Waals surface area contributed by atoms with Crippen LogP contribution in [0.2, 0.25) is 0 Å². The van der Waals surface area contributed by atoms with Crippen molar-refractivity contribution in [3.63, 3.8) is 0 Å². The summed E-state index contributed by atoms with van der Waals surface area (Å²) in [5.41, 5.74) is 1.16. The van der Waals surface area contributed by atoms with Gasteiger partial charge in [-0.25, -0.2) is 0 Å². The van der Waals surface area contributed by atoms with Crippen LogP contribution in [0.25, 0.3) is 0 Å². The normalized spacial score (nSPS) is 19.7. The zero-order chi connectivity index (χ0) is 10.4. The van der Waals surface area contributed by atoms with Gasteiger partial charge in [-0.2, -0.15) is 0 Å². The third-order valence-electron chi connectivity index (χ3n) is 2.24. The maximum absolute atomic E-state index is 5.30. The Bertz CT molecular complexity index is 250. The summed E-state index contributed by atoms with van der Waals surface area (Å²) in [7, 11) is 1.82. The molecular formula is C11H18N2O. The van der Waals surface area contributed by atoms with Crippen molar-refractivity contribution in [1.29, 1.82) is 0 Å². The van der Waals surface area contributed by atoms with Crippen LogP contribution >= 0.6 is 0 Å². The molecule has 0 spiro atoms. The Morgan fingerprint density at radius 2 is 2.07 bits per heavy atom. The minimum Gasteiger partial charge on any atom is -0.378 e. The van der Waals surface area contributed by atoms with Crippen molar-refractivity contribution < 1.29 is 4.74 Å². The van der Waals surface area contributed by atoms with Crippen LogP contribution in [-0.4, -0.2) is 44.1 Å². The molecule has 0 aromatic rings. The summed E-state index contributed by atoms with van der Waals surface area (Å²) in [5.74, 6) is 1.05. The van der Waals surface area contributed by atoms with Crippen molar-refractivity contribution >= 4 is 5.84 Å². The van der Waals surface area contributed by atoms with E-state index >= 15 is 0 Å². The third-order valence-corrected chi connectivity index (χ3v) is 2.24. The Kier molecular flexibility index (Phi) is 4.40. The quantitative estimate of drug-likeness (QED) is 0.378. The average molecular weight is 194 g/mol. The maximum Gasteiger partial charge on any atom is 0.126 e. The molecule has 3 heteroatoms. The van der Waals surface area contributed by atoms with E-state index in [1.54, 1.807) is 6.08 Å². The first-order valence-corrected chi connectivity index (χ1v) is 4.88. The van der Waals surface area contributed by atoms with Gasteiger partial charge in [-0.3, -0.25) is 4.99 Å². The molecule has 0 unspecified atom stereocenters. The molecule has 1 heterocycles. The first-order valence-electron chi connectivity index (χ1n) is 4.88. The van der Waals surface area contributed by atoms with Crippen LogP contribution in [0.4, 0.5) is 0 Å². The molecule has 1 saturated heterocycles. The molecule has 0 saturated carbocycles.